The maximum absolute atomic E-state index is 9.67. The van der Waals surface area contributed by atoms with Gasteiger partial charge in [-0.05, 0) is 32.0 Å². The molecule has 0 spiro atoms. The number of hydrogen-bond acceptors (Lipinski definition) is 6. The van der Waals surface area contributed by atoms with Gasteiger partial charge in [0.15, 0.2) is 0 Å². The first-order valence-electron chi connectivity index (χ1n) is 8.39. The molecule has 136 valence electrons. The molecule has 1 aliphatic rings. The summed E-state index contributed by atoms with van der Waals surface area (Å²) in [7, 11) is 0. The number of nitrogens with one attached hydrogen (secondary N) is 1. The third kappa shape index (κ3) is 2.75. The van der Waals surface area contributed by atoms with E-state index in [2.05, 4.69) is 21.3 Å². The normalized spacial score (nSPS) is 16.0. The number of fused-ring (bicyclic) bond motifs is 2. The number of nitrogens with zero attached hydrogens (tertiary/aromatic N) is 3. The van der Waals surface area contributed by atoms with E-state index >= 15 is 0 Å². The van der Waals surface area contributed by atoms with Crippen molar-refractivity contribution in [2.24, 2.45) is 5.73 Å². The van der Waals surface area contributed by atoms with Crippen molar-refractivity contribution < 1.29 is 9.47 Å². The fraction of sp³-hybridized carbons (Fsp3) is 0.211. The van der Waals surface area contributed by atoms with Crippen LogP contribution in [0.3, 0.4) is 0 Å². The monoisotopic (exact) mass is 381 g/mol. The van der Waals surface area contributed by atoms with Crippen LogP contribution in [0.25, 0.3) is 10.9 Å². The van der Waals surface area contributed by atoms with Crippen molar-refractivity contribution in [3.8, 4) is 17.7 Å². The summed E-state index contributed by atoms with van der Waals surface area (Å²) in [6, 6.07) is 9.68. The number of H-pyrrole nitrogens is 1. The number of pyridine rings is 1. The van der Waals surface area contributed by atoms with Gasteiger partial charge in [-0.2, -0.15) is 5.26 Å². The fourth-order valence-electron chi connectivity index (χ4n) is 3.31. The van der Waals surface area contributed by atoms with Crippen LogP contribution in [0, 0.1) is 18.3 Å². The van der Waals surface area contributed by atoms with Crippen molar-refractivity contribution in [1.29, 1.82) is 5.26 Å². The minimum Gasteiger partial charge on any atom is -0.494 e. The predicted molar refractivity (Wildman–Crippen MR) is 101 cm³/mol. The Hall–Kier alpha value is -3.24. The van der Waals surface area contributed by atoms with Gasteiger partial charge < -0.3 is 15.2 Å². The maximum atomic E-state index is 9.67. The first-order chi connectivity index (χ1) is 13.0. The fourth-order valence-corrected chi connectivity index (χ4v) is 3.56. The van der Waals surface area contributed by atoms with Gasteiger partial charge >= 0.3 is 0 Å². The summed E-state index contributed by atoms with van der Waals surface area (Å²) in [4.78, 5) is 4.52. The van der Waals surface area contributed by atoms with Gasteiger partial charge in [0.2, 0.25) is 11.8 Å². The van der Waals surface area contributed by atoms with Crippen molar-refractivity contribution in [1.82, 2.24) is 15.2 Å². The molecule has 1 atom stereocenters. The highest BCUT2D eigenvalue weighted by Gasteiger charge is 2.35. The van der Waals surface area contributed by atoms with Crippen LogP contribution in [0.2, 0.25) is 5.15 Å². The molecule has 0 saturated heterocycles. The van der Waals surface area contributed by atoms with E-state index in [9.17, 15) is 5.26 Å². The van der Waals surface area contributed by atoms with Crippen LogP contribution < -0.4 is 15.2 Å². The Morgan fingerprint density at radius 2 is 2.22 bits per heavy atom. The number of nitrogens with two attached hydrogens (primary N) is 1. The Bertz CT molecular complexity index is 1130. The lowest BCUT2D eigenvalue weighted by Gasteiger charge is -2.24. The summed E-state index contributed by atoms with van der Waals surface area (Å²) in [5.74, 6) is 0.580. The standard InChI is InChI=1S/C19H16ClN5O2/c1-3-26-11-5-4-10-6-12(17(20)23-14(10)7-11)16-13(8-21)18(22)27-19-15(16)9(2)24-25-19/h4-7,16H,3,22H2,1-2H3,(H,24,25)/t16-/m1/s1. The lowest BCUT2D eigenvalue weighted by molar-refractivity contribution is 0.340. The molecule has 0 unspecified atom stereocenters. The molecule has 7 nitrogen and oxygen atoms in total. The van der Waals surface area contributed by atoms with E-state index in [4.69, 9.17) is 26.8 Å². The predicted octanol–water partition coefficient (Wildman–Crippen LogP) is 3.54. The van der Waals surface area contributed by atoms with Crippen molar-refractivity contribution in [2.45, 2.75) is 19.8 Å². The van der Waals surface area contributed by atoms with E-state index in [-0.39, 0.29) is 16.6 Å². The molecule has 8 heteroatoms. The van der Waals surface area contributed by atoms with Gasteiger partial charge in [-0.3, -0.25) is 5.10 Å². The molecule has 3 N–H and O–H groups in total. The Morgan fingerprint density at radius 1 is 1.41 bits per heavy atom. The third-order valence-corrected chi connectivity index (χ3v) is 4.82. The summed E-state index contributed by atoms with van der Waals surface area (Å²) in [6.07, 6.45) is 0. The Morgan fingerprint density at radius 3 is 2.96 bits per heavy atom. The molecule has 0 amide bonds. The minimum absolute atomic E-state index is 0.0179. The molecule has 0 saturated carbocycles. The lowest BCUT2D eigenvalue weighted by atomic mass is 9.84. The van der Waals surface area contributed by atoms with E-state index in [1.165, 1.54) is 0 Å². The molecule has 0 fully saturated rings. The summed E-state index contributed by atoms with van der Waals surface area (Å²) < 4.78 is 11.0. The van der Waals surface area contributed by atoms with Crippen molar-refractivity contribution in [2.75, 3.05) is 6.61 Å². The first kappa shape index (κ1) is 17.2. The zero-order valence-electron chi connectivity index (χ0n) is 14.7. The van der Waals surface area contributed by atoms with Crippen LogP contribution in [-0.2, 0) is 0 Å². The number of nitriles is 1. The summed E-state index contributed by atoms with van der Waals surface area (Å²) in [5, 5.41) is 17.8. The van der Waals surface area contributed by atoms with Gasteiger partial charge in [0.05, 0.1) is 18.0 Å². The average Bonchev–Trinajstić information content (AvgIpc) is 3.01. The second-order valence-electron chi connectivity index (χ2n) is 6.15. The largest absolute Gasteiger partial charge is 0.494 e. The van der Waals surface area contributed by atoms with Crippen LogP contribution in [0.4, 0.5) is 0 Å². The van der Waals surface area contributed by atoms with Crippen molar-refractivity contribution >= 4 is 22.5 Å². The van der Waals surface area contributed by atoms with Crippen LogP contribution in [0.5, 0.6) is 11.6 Å². The smallest absolute Gasteiger partial charge is 0.244 e. The van der Waals surface area contributed by atoms with Gasteiger partial charge in [0, 0.05) is 28.3 Å². The van der Waals surface area contributed by atoms with E-state index in [0.29, 0.717) is 23.6 Å². The van der Waals surface area contributed by atoms with Gasteiger partial charge in [-0.25, -0.2) is 4.98 Å². The quantitative estimate of drug-likeness (QED) is 0.671. The number of hydrogen-bond donors (Lipinski definition) is 2. The number of aryl methyl sites for hydroxylation is 1. The van der Waals surface area contributed by atoms with Gasteiger partial charge in [0.1, 0.15) is 22.5 Å². The van der Waals surface area contributed by atoms with Gasteiger partial charge in [-0.1, -0.05) is 11.6 Å². The number of aromatic amines is 1. The zero-order valence-corrected chi connectivity index (χ0v) is 15.5. The summed E-state index contributed by atoms with van der Waals surface area (Å²) in [6.45, 7) is 4.34. The van der Waals surface area contributed by atoms with Crippen LogP contribution in [0.15, 0.2) is 35.7 Å². The van der Waals surface area contributed by atoms with E-state index in [1.807, 2.05) is 38.1 Å². The van der Waals surface area contributed by atoms with Gasteiger partial charge in [0.25, 0.3) is 0 Å². The van der Waals surface area contributed by atoms with E-state index < -0.39 is 5.92 Å². The number of allylic oxidation sites excluding steroid dienone is 1. The molecule has 3 heterocycles. The Balaban J connectivity index is 1.93. The molecule has 0 bridgehead atoms. The van der Waals surface area contributed by atoms with Crippen molar-refractivity contribution in [3.05, 3.63) is 57.7 Å². The van der Waals surface area contributed by atoms with Crippen LogP contribution >= 0.6 is 11.6 Å². The molecular formula is C19H16ClN5O2. The minimum atomic E-state index is -0.506. The highest BCUT2D eigenvalue weighted by molar-refractivity contribution is 6.30. The SMILES string of the molecule is CCOc1ccc2cc([C@@H]3C(C#N)=C(N)Oc4n[nH]c(C)c43)c(Cl)nc2c1. The number of aromatic nitrogens is 3. The summed E-state index contributed by atoms with van der Waals surface area (Å²) >= 11 is 6.53. The molecule has 0 aliphatic carbocycles. The average molecular weight is 382 g/mol. The Kier molecular flexibility index (Phi) is 4.13. The molecular weight excluding hydrogens is 366 g/mol. The molecule has 0 radical (unpaired) electrons. The number of benzene rings is 1. The second-order valence-corrected chi connectivity index (χ2v) is 6.51. The molecule has 3 aromatic rings. The number of halogens is 1. The molecule has 1 aliphatic heterocycles. The van der Waals surface area contributed by atoms with Crippen molar-refractivity contribution in [3.63, 3.8) is 0 Å². The first-order valence-corrected chi connectivity index (χ1v) is 8.76. The molecule has 4 rings (SSSR count). The maximum Gasteiger partial charge on any atom is 0.244 e. The third-order valence-electron chi connectivity index (χ3n) is 4.52. The molecule has 27 heavy (non-hydrogen) atoms. The number of rotatable bonds is 3. The molecule has 1 aromatic carbocycles. The highest BCUT2D eigenvalue weighted by atomic mass is 35.5. The highest BCUT2D eigenvalue weighted by Crippen LogP contribution is 2.44. The molecule has 2 aromatic heterocycles. The van der Waals surface area contributed by atoms with Crippen LogP contribution in [-0.4, -0.2) is 21.8 Å². The zero-order chi connectivity index (χ0) is 19.1. The topological polar surface area (TPSA) is 110 Å². The Labute approximate surface area is 160 Å². The number of ether oxygens (including phenoxy) is 2. The van der Waals surface area contributed by atoms with Gasteiger partial charge in [-0.15, -0.1) is 5.10 Å². The summed E-state index contributed by atoms with van der Waals surface area (Å²) in [5.41, 5.74) is 9.12. The lowest BCUT2D eigenvalue weighted by Crippen LogP contribution is -2.21. The second kappa shape index (κ2) is 6.49. The van der Waals surface area contributed by atoms with Crippen LogP contribution in [0.1, 0.15) is 29.7 Å². The van der Waals surface area contributed by atoms with E-state index in [0.717, 1.165) is 22.4 Å². The van der Waals surface area contributed by atoms with E-state index in [1.54, 1.807) is 0 Å².